The number of carboxylic acid groups (broad SMARTS) is 1. The minimum atomic E-state index is -0.678. The van der Waals surface area contributed by atoms with Crippen molar-refractivity contribution in [1.29, 1.82) is 0 Å². The molecule has 1 unspecified atom stereocenters. The van der Waals surface area contributed by atoms with Crippen LogP contribution in [-0.2, 0) is 4.79 Å². The van der Waals surface area contributed by atoms with E-state index in [0.29, 0.717) is 19.3 Å². The van der Waals surface area contributed by atoms with Crippen molar-refractivity contribution in [2.75, 3.05) is 0 Å². The van der Waals surface area contributed by atoms with Gasteiger partial charge in [0.25, 0.3) is 0 Å². The summed E-state index contributed by atoms with van der Waals surface area (Å²) >= 11 is 0. The van der Waals surface area contributed by atoms with Crippen molar-refractivity contribution in [3.05, 3.63) is 72.9 Å². The molecular formula is C32H52O4. The Bertz CT molecular complexity index is 670. The van der Waals surface area contributed by atoms with Gasteiger partial charge in [-0.3, -0.25) is 4.79 Å². The Morgan fingerprint density at radius 2 is 1.08 bits per heavy atom. The Labute approximate surface area is 220 Å². The summed E-state index contributed by atoms with van der Waals surface area (Å²) in [5, 5.41) is 28.3. The molecule has 3 N–H and O–H groups in total. The normalized spacial score (nSPS) is 14.5. The van der Waals surface area contributed by atoms with Gasteiger partial charge in [0.1, 0.15) is 0 Å². The largest absolute Gasteiger partial charge is 0.481 e. The standard InChI is InChI=1S/C32H52O4/c1-2-3-20-25-30(33)27-22-18-19-23-28-31(34)26-21-16-14-12-10-8-6-4-5-7-9-11-13-15-17-24-29-32(35)36/h3,10,12,16,18-23,27-28,30-31,33-34H,2,4-9,11,13-15,17,24-26,29H2,1H3,(H,35,36)/b12-10-,19-18-,20-3-,21-16-,27-22+,28-23+/t30?,31-/m0/s1. The summed E-state index contributed by atoms with van der Waals surface area (Å²) in [7, 11) is 0. The summed E-state index contributed by atoms with van der Waals surface area (Å²) in [5.74, 6) is -0.678. The molecule has 0 rings (SSSR count). The molecule has 0 fully saturated rings. The predicted molar refractivity (Wildman–Crippen MR) is 154 cm³/mol. The Morgan fingerprint density at radius 3 is 1.61 bits per heavy atom. The molecule has 0 aliphatic rings. The Kier molecular flexibility index (Phi) is 25.8. The summed E-state index contributed by atoms with van der Waals surface area (Å²) in [5.41, 5.74) is 0. The van der Waals surface area contributed by atoms with E-state index in [1.165, 1.54) is 51.4 Å². The second-order valence-electron chi connectivity index (χ2n) is 9.29. The quantitative estimate of drug-likeness (QED) is 0.0706. The monoisotopic (exact) mass is 500 g/mol. The zero-order valence-electron chi connectivity index (χ0n) is 22.6. The number of hydrogen-bond donors (Lipinski definition) is 3. The molecule has 4 heteroatoms. The van der Waals surface area contributed by atoms with Gasteiger partial charge in [0.05, 0.1) is 12.2 Å². The van der Waals surface area contributed by atoms with Crippen LogP contribution in [0.1, 0.15) is 110 Å². The average Bonchev–Trinajstić information content (AvgIpc) is 2.85. The maximum Gasteiger partial charge on any atom is 0.303 e. The van der Waals surface area contributed by atoms with Crippen LogP contribution in [0.4, 0.5) is 0 Å². The van der Waals surface area contributed by atoms with Gasteiger partial charge in [-0.1, -0.05) is 131 Å². The molecule has 0 amide bonds. The van der Waals surface area contributed by atoms with Crippen molar-refractivity contribution in [2.24, 2.45) is 0 Å². The molecule has 0 aromatic heterocycles. The number of carboxylic acids is 1. The van der Waals surface area contributed by atoms with Gasteiger partial charge in [0, 0.05) is 6.42 Å². The second-order valence-corrected chi connectivity index (χ2v) is 9.29. The molecule has 204 valence electrons. The lowest BCUT2D eigenvalue weighted by atomic mass is 10.1. The average molecular weight is 501 g/mol. The van der Waals surface area contributed by atoms with Crippen LogP contribution in [0.25, 0.3) is 0 Å². The molecule has 0 radical (unpaired) electrons. The smallest absolute Gasteiger partial charge is 0.303 e. The predicted octanol–water partition coefficient (Wildman–Crippen LogP) is 8.39. The minimum absolute atomic E-state index is 0.314. The number of allylic oxidation sites excluding steroid dienone is 8. The fraction of sp³-hybridized carbons (Fsp3) is 0.594. The molecule has 0 aromatic rings. The molecule has 0 saturated heterocycles. The van der Waals surface area contributed by atoms with E-state index in [4.69, 9.17) is 5.11 Å². The summed E-state index contributed by atoms with van der Waals surface area (Å²) in [6.07, 6.45) is 39.2. The maximum absolute atomic E-state index is 10.4. The van der Waals surface area contributed by atoms with Crippen molar-refractivity contribution >= 4 is 5.97 Å². The SMILES string of the molecule is CC/C=C\CC(O)/C=C/C=C\C=C\[C@@H](O)C/C=C\C/C=C\CCCCCCCCCCCCC(=O)O. The lowest BCUT2D eigenvalue weighted by Gasteiger charge is -2.01. The van der Waals surface area contributed by atoms with Crippen LogP contribution in [0.2, 0.25) is 0 Å². The molecule has 0 aliphatic heterocycles. The number of unbranched alkanes of at least 4 members (excludes halogenated alkanes) is 10. The summed E-state index contributed by atoms with van der Waals surface area (Å²) in [6.45, 7) is 2.07. The third-order valence-corrected chi connectivity index (χ3v) is 5.77. The number of aliphatic hydroxyl groups is 2. The highest BCUT2D eigenvalue weighted by Crippen LogP contribution is 2.12. The molecular weight excluding hydrogens is 448 g/mol. The molecule has 0 heterocycles. The number of carbonyl (C=O) groups is 1. The van der Waals surface area contributed by atoms with Crippen LogP contribution in [0.15, 0.2) is 72.9 Å². The fourth-order valence-electron chi connectivity index (χ4n) is 3.65. The van der Waals surface area contributed by atoms with E-state index in [9.17, 15) is 15.0 Å². The molecule has 0 spiro atoms. The first-order chi connectivity index (χ1) is 17.6. The molecule has 0 aromatic carbocycles. The third-order valence-electron chi connectivity index (χ3n) is 5.77. The molecule has 4 nitrogen and oxygen atoms in total. The molecule has 2 atom stereocenters. The first-order valence-electron chi connectivity index (χ1n) is 14.1. The van der Waals surface area contributed by atoms with Crippen LogP contribution < -0.4 is 0 Å². The molecule has 36 heavy (non-hydrogen) atoms. The lowest BCUT2D eigenvalue weighted by Crippen LogP contribution is -1.98. The molecule has 0 saturated carbocycles. The van der Waals surface area contributed by atoms with Gasteiger partial charge in [-0.15, -0.1) is 0 Å². The number of rotatable bonds is 24. The fourth-order valence-corrected chi connectivity index (χ4v) is 3.65. The highest BCUT2D eigenvalue weighted by molar-refractivity contribution is 5.66. The van der Waals surface area contributed by atoms with Gasteiger partial charge < -0.3 is 15.3 Å². The van der Waals surface area contributed by atoms with E-state index in [1.807, 2.05) is 42.5 Å². The minimum Gasteiger partial charge on any atom is -0.481 e. The number of aliphatic hydroxyl groups excluding tert-OH is 2. The van der Waals surface area contributed by atoms with Gasteiger partial charge in [0.2, 0.25) is 0 Å². The summed E-state index contributed by atoms with van der Waals surface area (Å²) in [4.78, 5) is 10.4. The van der Waals surface area contributed by atoms with Gasteiger partial charge in [-0.2, -0.15) is 0 Å². The summed E-state index contributed by atoms with van der Waals surface area (Å²) in [6, 6.07) is 0. The van der Waals surface area contributed by atoms with E-state index >= 15 is 0 Å². The van der Waals surface area contributed by atoms with Crippen molar-refractivity contribution in [1.82, 2.24) is 0 Å². The first kappa shape index (κ1) is 33.8. The maximum atomic E-state index is 10.4. The van der Waals surface area contributed by atoms with Crippen molar-refractivity contribution in [2.45, 2.75) is 122 Å². The van der Waals surface area contributed by atoms with Crippen LogP contribution >= 0.6 is 0 Å². The molecule has 0 aliphatic carbocycles. The topological polar surface area (TPSA) is 77.8 Å². The van der Waals surface area contributed by atoms with Crippen LogP contribution in [0.3, 0.4) is 0 Å². The Hall–Kier alpha value is -2.17. The van der Waals surface area contributed by atoms with E-state index in [0.717, 1.165) is 32.1 Å². The zero-order chi connectivity index (χ0) is 26.5. The Morgan fingerprint density at radius 1 is 0.611 bits per heavy atom. The third kappa shape index (κ3) is 28.1. The van der Waals surface area contributed by atoms with E-state index in [-0.39, 0.29) is 0 Å². The van der Waals surface area contributed by atoms with Gasteiger partial charge in [-0.25, -0.2) is 0 Å². The van der Waals surface area contributed by atoms with Crippen molar-refractivity contribution < 1.29 is 20.1 Å². The highest BCUT2D eigenvalue weighted by Gasteiger charge is 1.97. The van der Waals surface area contributed by atoms with Crippen LogP contribution in [-0.4, -0.2) is 33.5 Å². The van der Waals surface area contributed by atoms with Gasteiger partial charge in [-0.05, 0) is 44.9 Å². The number of aliphatic carboxylic acids is 1. The molecule has 0 bridgehead atoms. The Balaban J connectivity index is 3.58. The van der Waals surface area contributed by atoms with E-state index in [2.05, 4.69) is 25.2 Å². The first-order valence-corrected chi connectivity index (χ1v) is 14.1. The summed E-state index contributed by atoms with van der Waals surface area (Å²) < 4.78 is 0. The van der Waals surface area contributed by atoms with Gasteiger partial charge in [0.15, 0.2) is 0 Å². The van der Waals surface area contributed by atoms with Crippen molar-refractivity contribution in [3.8, 4) is 0 Å². The lowest BCUT2D eigenvalue weighted by molar-refractivity contribution is -0.137. The van der Waals surface area contributed by atoms with Crippen LogP contribution in [0, 0.1) is 0 Å². The van der Waals surface area contributed by atoms with Gasteiger partial charge >= 0.3 is 5.97 Å². The second kappa shape index (κ2) is 27.4. The zero-order valence-corrected chi connectivity index (χ0v) is 22.6. The number of hydrogen-bond acceptors (Lipinski definition) is 3. The van der Waals surface area contributed by atoms with E-state index < -0.39 is 18.2 Å². The highest BCUT2D eigenvalue weighted by atomic mass is 16.4. The van der Waals surface area contributed by atoms with E-state index in [1.54, 1.807) is 12.2 Å². The van der Waals surface area contributed by atoms with Crippen LogP contribution in [0.5, 0.6) is 0 Å². The van der Waals surface area contributed by atoms with Crippen molar-refractivity contribution in [3.63, 3.8) is 0 Å².